The van der Waals surface area contributed by atoms with Gasteiger partial charge in [-0.15, -0.1) is 0 Å². The monoisotopic (exact) mass is 536 g/mol. The van der Waals surface area contributed by atoms with E-state index in [1.165, 1.54) is 16.0 Å². The van der Waals surface area contributed by atoms with Gasteiger partial charge in [-0.25, -0.2) is 0 Å². The number of aromatic hydroxyl groups is 1. The Morgan fingerprint density at radius 1 is 1.02 bits per heavy atom. The number of phenolic OH excluding ortho intramolecular Hbond substituents is 1. The highest BCUT2D eigenvalue weighted by Crippen LogP contribution is 2.50. The Balaban J connectivity index is 1.31. The number of phenols is 1. The molecule has 6 rings (SSSR count). The zero-order valence-corrected chi connectivity index (χ0v) is 23.2. The van der Waals surface area contributed by atoms with E-state index in [2.05, 4.69) is 18.0 Å². The third kappa shape index (κ3) is 4.54. The predicted molar refractivity (Wildman–Crippen MR) is 156 cm³/mol. The van der Waals surface area contributed by atoms with E-state index < -0.39 is 0 Å². The van der Waals surface area contributed by atoms with E-state index in [4.69, 9.17) is 4.74 Å². The normalized spacial score (nSPS) is 24.6. The summed E-state index contributed by atoms with van der Waals surface area (Å²) in [5.41, 5.74) is 5.59. The number of imide groups is 1. The molecule has 206 valence electrons. The lowest BCUT2D eigenvalue weighted by atomic mass is 9.69. The van der Waals surface area contributed by atoms with Gasteiger partial charge in [0, 0.05) is 24.0 Å². The van der Waals surface area contributed by atoms with Crippen molar-refractivity contribution in [2.75, 3.05) is 13.2 Å². The van der Waals surface area contributed by atoms with E-state index in [0.717, 1.165) is 53.3 Å². The third-order valence-corrected chi connectivity index (χ3v) is 8.91. The van der Waals surface area contributed by atoms with Gasteiger partial charge in [0.05, 0.1) is 30.2 Å². The zero-order valence-electron chi connectivity index (χ0n) is 23.2. The Kier molecular flexibility index (Phi) is 7.28. The molecule has 0 spiro atoms. The van der Waals surface area contributed by atoms with Crippen LogP contribution in [0.2, 0.25) is 0 Å². The molecule has 2 amide bonds. The molecule has 1 aromatic heterocycles. The molecule has 3 aromatic rings. The number of nitrogens with zero attached hydrogens (tertiary/aromatic N) is 2. The van der Waals surface area contributed by atoms with Crippen molar-refractivity contribution < 1.29 is 19.4 Å². The van der Waals surface area contributed by atoms with Gasteiger partial charge < -0.3 is 9.84 Å². The lowest BCUT2D eigenvalue weighted by Gasteiger charge is -2.31. The van der Waals surface area contributed by atoms with Crippen LogP contribution in [0.3, 0.4) is 0 Å². The molecule has 6 nitrogen and oxygen atoms in total. The molecule has 1 aliphatic carbocycles. The summed E-state index contributed by atoms with van der Waals surface area (Å²) >= 11 is 0. The number of hydrogen-bond acceptors (Lipinski definition) is 5. The predicted octanol–water partition coefficient (Wildman–Crippen LogP) is 6.40. The minimum Gasteiger partial charge on any atom is -0.507 e. The fourth-order valence-electron chi connectivity index (χ4n) is 7.05. The van der Waals surface area contributed by atoms with Crippen LogP contribution in [0.25, 0.3) is 22.4 Å². The average molecular weight is 537 g/mol. The van der Waals surface area contributed by atoms with Gasteiger partial charge in [0.1, 0.15) is 5.75 Å². The average Bonchev–Trinajstić information content (AvgIpc) is 3.51. The molecule has 0 bridgehead atoms. The minimum atomic E-state index is -0.288. The first-order chi connectivity index (χ1) is 19.5. The standard InChI is InChI=1S/C34H36N2O4/c1-3-17-36-33(38)26-19-21(4-2)31-27(32(26)34(36)39)20-40-30(31)15-13-23(28-11-7-8-16-35-28)18-22-12-14-29(37)25-10-6-5-9-24(22)25/h5-12,14,16,18,26-27,30,32,37H,3-4,13,15,17,19-20H2,1-2H3/b23-18-/t26-,27+,30-,32-/m1/s1. The van der Waals surface area contributed by atoms with Crippen LogP contribution in [0.4, 0.5) is 0 Å². The van der Waals surface area contributed by atoms with Crippen LogP contribution < -0.4 is 0 Å². The number of likely N-dealkylation sites (tertiary alicyclic amines) is 1. The van der Waals surface area contributed by atoms with E-state index in [1.807, 2.05) is 61.7 Å². The van der Waals surface area contributed by atoms with Crippen molar-refractivity contribution in [3.05, 3.63) is 83.2 Å². The van der Waals surface area contributed by atoms with Crippen LogP contribution in [0.5, 0.6) is 5.75 Å². The van der Waals surface area contributed by atoms with Gasteiger partial charge in [0.2, 0.25) is 11.8 Å². The summed E-state index contributed by atoms with van der Waals surface area (Å²) in [7, 11) is 0. The number of carbonyl (C=O) groups excluding carboxylic acids is 2. The Morgan fingerprint density at radius 2 is 1.82 bits per heavy atom. The number of rotatable bonds is 8. The third-order valence-electron chi connectivity index (χ3n) is 8.91. The molecule has 2 aromatic carbocycles. The lowest BCUT2D eigenvalue weighted by molar-refractivity contribution is -0.140. The van der Waals surface area contributed by atoms with E-state index >= 15 is 0 Å². The number of fused-ring (bicyclic) bond motifs is 4. The topological polar surface area (TPSA) is 79.7 Å². The number of carbonyl (C=O) groups is 2. The molecule has 4 atom stereocenters. The van der Waals surface area contributed by atoms with Crippen molar-refractivity contribution in [1.82, 2.24) is 9.88 Å². The maximum Gasteiger partial charge on any atom is 0.233 e. The van der Waals surface area contributed by atoms with E-state index in [0.29, 0.717) is 19.6 Å². The molecular formula is C34H36N2O4. The second-order valence-corrected chi connectivity index (χ2v) is 11.1. The summed E-state index contributed by atoms with van der Waals surface area (Å²) in [5, 5.41) is 12.2. The molecule has 3 aliphatic rings. The van der Waals surface area contributed by atoms with Crippen LogP contribution >= 0.6 is 0 Å². The summed E-state index contributed by atoms with van der Waals surface area (Å²) < 4.78 is 6.42. The zero-order chi connectivity index (χ0) is 27.8. The van der Waals surface area contributed by atoms with Gasteiger partial charge in [-0.3, -0.25) is 19.5 Å². The number of allylic oxidation sites excluding steroid dienone is 2. The van der Waals surface area contributed by atoms with Gasteiger partial charge in [-0.2, -0.15) is 0 Å². The van der Waals surface area contributed by atoms with Crippen molar-refractivity contribution in [2.45, 2.75) is 52.1 Å². The van der Waals surface area contributed by atoms with Gasteiger partial charge >= 0.3 is 0 Å². The van der Waals surface area contributed by atoms with E-state index in [-0.39, 0.29) is 41.4 Å². The van der Waals surface area contributed by atoms with Crippen molar-refractivity contribution in [3.63, 3.8) is 0 Å². The van der Waals surface area contributed by atoms with Gasteiger partial charge in [0.15, 0.2) is 0 Å². The van der Waals surface area contributed by atoms with Crippen LogP contribution in [0.1, 0.15) is 57.2 Å². The molecule has 0 unspecified atom stereocenters. The van der Waals surface area contributed by atoms with Gasteiger partial charge in [0.25, 0.3) is 0 Å². The largest absolute Gasteiger partial charge is 0.507 e. The summed E-state index contributed by atoms with van der Waals surface area (Å²) in [6.07, 6.45) is 7.73. The Labute approximate surface area is 235 Å². The number of ether oxygens (including phenoxy) is 1. The molecule has 2 aliphatic heterocycles. The van der Waals surface area contributed by atoms with Crippen LogP contribution in [-0.2, 0) is 14.3 Å². The highest BCUT2D eigenvalue weighted by atomic mass is 16.5. The second kappa shape index (κ2) is 11.0. The van der Waals surface area contributed by atoms with E-state index in [9.17, 15) is 14.7 Å². The molecule has 6 heteroatoms. The summed E-state index contributed by atoms with van der Waals surface area (Å²) in [6, 6.07) is 17.5. The molecule has 3 heterocycles. The molecule has 0 saturated carbocycles. The lowest BCUT2D eigenvalue weighted by Crippen LogP contribution is -2.34. The highest BCUT2D eigenvalue weighted by Gasteiger charge is 2.56. The van der Waals surface area contributed by atoms with E-state index in [1.54, 1.807) is 6.07 Å². The van der Waals surface area contributed by atoms with Gasteiger partial charge in [-0.05, 0) is 78.5 Å². The molecule has 40 heavy (non-hydrogen) atoms. The number of benzene rings is 2. The van der Waals surface area contributed by atoms with Crippen molar-refractivity contribution in [2.24, 2.45) is 17.8 Å². The second-order valence-electron chi connectivity index (χ2n) is 11.1. The summed E-state index contributed by atoms with van der Waals surface area (Å²) in [6.45, 7) is 5.15. The Hall–Kier alpha value is -3.77. The first-order valence-corrected chi connectivity index (χ1v) is 14.5. The minimum absolute atomic E-state index is 0.00629. The highest BCUT2D eigenvalue weighted by molar-refractivity contribution is 6.06. The molecule has 1 N–H and O–H groups in total. The fraction of sp³-hybridized carbons (Fsp3) is 0.382. The van der Waals surface area contributed by atoms with Crippen LogP contribution in [0, 0.1) is 17.8 Å². The fourth-order valence-corrected chi connectivity index (χ4v) is 7.05. The number of pyridine rings is 1. The smallest absolute Gasteiger partial charge is 0.233 e. The van der Waals surface area contributed by atoms with Crippen LogP contribution in [0.15, 0.2) is 71.9 Å². The van der Waals surface area contributed by atoms with Gasteiger partial charge in [-0.1, -0.05) is 55.8 Å². The van der Waals surface area contributed by atoms with Crippen molar-refractivity contribution in [3.8, 4) is 5.75 Å². The molecule has 0 radical (unpaired) electrons. The maximum atomic E-state index is 13.4. The number of aromatic nitrogens is 1. The molecule has 2 fully saturated rings. The Morgan fingerprint density at radius 3 is 2.58 bits per heavy atom. The molecule has 2 saturated heterocycles. The first kappa shape index (κ1) is 26.5. The summed E-state index contributed by atoms with van der Waals surface area (Å²) in [5.74, 6) is -0.274. The summed E-state index contributed by atoms with van der Waals surface area (Å²) in [4.78, 5) is 32.7. The Bertz CT molecular complexity index is 1510. The van der Waals surface area contributed by atoms with Crippen molar-refractivity contribution in [1.29, 1.82) is 0 Å². The van der Waals surface area contributed by atoms with Crippen LogP contribution in [-0.4, -0.2) is 46.1 Å². The number of amides is 2. The van der Waals surface area contributed by atoms with Crippen molar-refractivity contribution >= 4 is 34.2 Å². The first-order valence-electron chi connectivity index (χ1n) is 14.5. The quantitative estimate of drug-likeness (QED) is 0.266. The molecular weight excluding hydrogens is 500 g/mol. The maximum absolute atomic E-state index is 13.4. The SMILES string of the molecule is CCCN1C(=O)[C@@H]2[C@@H](CC(CC)=C3[C@@H](CC/C(=C/c4ccc(O)c5ccccc45)c4ccccn4)OC[C@@H]32)C1=O. The number of hydrogen-bond donors (Lipinski definition) is 1.